The van der Waals surface area contributed by atoms with Crippen molar-refractivity contribution >= 4 is 35.8 Å². The van der Waals surface area contributed by atoms with Crippen LogP contribution in [0.2, 0.25) is 0 Å². The van der Waals surface area contributed by atoms with Gasteiger partial charge in [-0.3, -0.25) is 19.2 Å². The maximum atomic E-state index is 14.3. The van der Waals surface area contributed by atoms with Gasteiger partial charge in [-0.15, -0.1) is 0 Å². The summed E-state index contributed by atoms with van der Waals surface area (Å²) in [7, 11) is 0. The molecule has 1 N–H and O–H groups in total. The Labute approximate surface area is 324 Å². The molecule has 0 aromatic heterocycles. The fourth-order valence-corrected chi connectivity index (χ4v) is 9.86. The molecule has 14 nitrogen and oxygen atoms in total. The summed E-state index contributed by atoms with van der Waals surface area (Å²) in [5, 5.41) is 12.7. The van der Waals surface area contributed by atoms with Gasteiger partial charge in [0.1, 0.15) is 24.4 Å². The molecule has 0 bridgehead atoms. The Hall–Kier alpha value is -5.08. The summed E-state index contributed by atoms with van der Waals surface area (Å²) in [6.07, 6.45) is -8.20. The van der Waals surface area contributed by atoms with Crippen LogP contribution in [-0.4, -0.2) is 95.4 Å². The standard InChI is InChI=1S/C42H48O14/c1-22-29(54-37(47)27-15-11-9-12-16-27)20-41(39(6,7)49)32(22)33(55-38(48)28-17-13-10-14-18-28)35(52-24(3)44)40(8)30(51-23(2)43)19-31-42(21-50-31,56-26(5)46)34(40)36(41)53-25(4)45/h9-18,29-31,33-36,49H,19-21H2,1-8H3/t29-,30-,31+,33+,34?,35-,36-,40+,41-,42-/m0/s1. The first-order valence-corrected chi connectivity index (χ1v) is 18.6. The predicted molar refractivity (Wildman–Crippen MR) is 194 cm³/mol. The van der Waals surface area contributed by atoms with Gasteiger partial charge in [0.15, 0.2) is 17.8 Å². The number of fused-ring (bicyclic) bond motifs is 4. The van der Waals surface area contributed by atoms with Gasteiger partial charge in [0, 0.05) is 40.5 Å². The molecule has 2 saturated carbocycles. The zero-order valence-corrected chi connectivity index (χ0v) is 32.7. The highest BCUT2D eigenvalue weighted by Crippen LogP contribution is 2.69. The highest BCUT2D eigenvalue weighted by atomic mass is 16.6. The number of hydrogen-bond acceptors (Lipinski definition) is 14. The van der Waals surface area contributed by atoms with Gasteiger partial charge in [0.2, 0.25) is 0 Å². The van der Waals surface area contributed by atoms with E-state index in [1.807, 2.05) is 0 Å². The Kier molecular flexibility index (Phi) is 10.7. The Morgan fingerprint density at radius 2 is 1.25 bits per heavy atom. The van der Waals surface area contributed by atoms with Crippen molar-refractivity contribution in [3.63, 3.8) is 0 Å². The molecule has 14 heteroatoms. The second-order valence-electron chi connectivity index (χ2n) is 15.9. The fraction of sp³-hybridized carbons (Fsp3) is 0.524. The highest BCUT2D eigenvalue weighted by molar-refractivity contribution is 5.90. The fourth-order valence-electron chi connectivity index (χ4n) is 9.86. The van der Waals surface area contributed by atoms with Crippen molar-refractivity contribution in [1.29, 1.82) is 0 Å². The first-order chi connectivity index (χ1) is 26.3. The zero-order chi connectivity index (χ0) is 41.0. The van der Waals surface area contributed by atoms with Crippen molar-refractivity contribution in [2.75, 3.05) is 6.61 Å². The van der Waals surface area contributed by atoms with Gasteiger partial charge in [0.05, 0.1) is 40.1 Å². The molecular formula is C42H48O14. The molecule has 3 aliphatic carbocycles. The van der Waals surface area contributed by atoms with Crippen molar-refractivity contribution in [3.05, 3.63) is 82.9 Å². The minimum absolute atomic E-state index is 0.0609. The second kappa shape index (κ2) is 14.8. The van der Waals surface area contributed by atoms with Gasteiger partial charge < -0.3 is 38.3 Å². The molecule has 1 aliphatic heterocycles. The molecule has 56 heavy (non-hydrogen) atoms. The van der Waals surface area contributed by atoms with Gasteiger partial charge in [-0.2, -0.15) is 0 Å². The van der Waals surface area contributed by atoms with Crippen LogP contribution in [0.15, 0.2) is 71.8 Å². The molecule has 0 amide bonds. The molecule has 10 atom stereocenters. The van der Waals surface area contributed by atoms with Gasteiger partial charge in [-0.1, -0.05) is 43.3 Å². The Bertz CT molecular complexity index is 1930. The Balaban J connectivity index is 1.72. The molecule has 1 unspecified atom stereocenters. The summed E-state index contributed by atoms with van der Waals surface area (Å²) in [5.41, 5.74) is -6.23. The summed E-state index contributed by atoms with van der Waals surface area (Å²) in [5.74, 6) is -5.85. The molecule has 0 radical (unpaired) electrons. The van der Waals surface area contributed by atoms with E-state index in [2.05, 4.69) is 0 Å². The average Bonchev–Trinajstić information content (AvgIpc) is 3.38. The second-order valence-corrected chi connectivity index (χ2v) is 15.9. The molecule has 300 valence electrons. The van der Waals surface area contributed by atoms with E-state index in [4.69, 9.17) is 33.2 Å². The lowest BCUT2D eigenvalue weighted by atomic mass is 9.49. The molecule has 2 aromatic carbocycles. The van der Waals surface area contributed by atoms with Crippen LogP contribution >= 0.6 is 0 Å². The van der Waals surface area contributed by atoms with Crippen LogP contribution in [0.5, 0.6) is 0 Å². The minimum Gasteiger partial charge on any atom is -0.462 e. The molecule has 2 aromatic rings. The zero-order valence-electron chi connectivity index (χ0n) is 32.7. The largest absolute Gasteiger partial charge is 0.462 e. The minimum atomic E-state index is -1.92. The number of ether oxygens (including phenoxy) is 7. The molecule has 3 fully saturated rings. The van der Waals surface area contributed by atoms with Crippen molar-refractivity contribution in [2.45, 2.75) is 116 Å². The molecule has 1 saturated heterocycles. The van der Waals surface area contributed by atoms with E-state index < -0.39 is 100 Å². The Morgan fingerprint density at radius 3 is 1.71 bits per heavy atom. The van der Waals surface area contributed by atoms with Gasteiger partial charge in [0.25, 0.3) is 0 Å². The van der Waals surface area contributed by atoms with Crippen LogP contribution in [0.4, 0.5) is 0 Å². The van der Waals surface area contributed by atoms with Gasteiger partial charge in [-0.25, -0.2) is 9.59 Å². The van der Waals surface area contributed by atoms with E-state index in [0.717, 1.165) is 6.92 Å². The number of carbonyl (C=O) groups is 6. The van der Waals surface area contributed by atoms with E-state index in [1.54, 1.807) is 62.4 Å². The van der Waals surface area contributed by atoms with Crippen LogP contribution in [-0.2, 0) is 52.3 Å². The topological polar surface area (TPSA) is 187 Å². The first kappa shape index (κ1) is 40.6. The number of carbonyl (C=O) groups excluding carboxylic acids is 6. The van der Waals surface area contributed by atoms with E-state index in [0.29, 0.717) is 5.57 Å². The van der Waals surface area contributed by atoms with Crippen LogP contribution in [0.1, 0.15) is 88.9 Å². The average molecular weight is 777 g/mol. The maximum absolute atomic E-state index is 14.3. The Morgan fingerprint density at radius 1 is 0.732 bits per heavy atom. The van der Waals surface area contributed by atoms with Crippen molar-refractivity contribution in [3.8, 4) is 0 Å². The number of rotatable bonds is 9. The third-order valence-electron chi connectivity index (χ3n) is 12.1. The van der Waals surface area contributed by atoms with Crippen molar-refractivity contribution < 1.29 is 67.0 Å². The van der Waals surface area contributed by atoms with E-state index >= 15 is 0 Å². The summed E-state index contributed by atoms with van der Waals surface area (Å²) in [4.78, 5) is 80.9. The highest BCUT2D eigenvalue weighted by Gasteiger charge is 2.81. The van der Waals surface area contributed by atoms with E-state index in [1.165, 1.54) is 46.8 Å². The first-order valence-electron chi connectivity index (χ1n) is 18.6. The molecule has 0 spiro atoms. The summed E-state index contributed by atoms with van der Waals surface area (Å²) in [6, 6.07) is 16.3. The number of esters is 6. The number of hydrogen-bond donors (Lipinski definition) is 1. The lowest BCUT2D eigenvalue weighted by Gasteiger charge is -2.65. The summed E-state index contributed by atoms with van der Waals surface area (Å²) in [6.45, 7) is 10.8. The molecular weight excluding hydrogens is 728 g/mol. The van der Waals surface area contributed by atoms with E-state index in [-0.39, 0.29) is 36.1 Å². The number of aliphatic hydroxyl groups is 1. The third-order valence-corrected chi connectivity index (χ3v) is 12.1. The van der Waals surface area contributed by atoms with Crippen LogP contribution < -0.4 is 0 Å². The quantitative estimate of drug-likeness (QED) is 0.214. The normalized spacial score (nSPS) is 33.2. The summed E-state index contributed by atoms with van der Waals surface area (Å²) < 4.78 is 43.6. The van der Waals surface area contributed by atoms with Crippen molar-refractivity contribution in [1.82, 2.24) is 0 Å². The van der Waals surface area contributed by atoms with Gasteiger partial charge in [-0.05, 0) is 56.2 Å². The smallest absolute Gasteiger partial charge is 0.338 e. The summed E-state index contributed by atoms with van der Waals surface area (Å²) >= 11 is 0. The molecule has 1 heterocycles. The molecule has 4 aliphatic rings. The SMILES string of the molecule is CC(=O)O[C@H]1C[C@H]2OC[C@@]2(OC(C)=O)C2[C@H](OC(C)=O)[C@]3(C(C)(C)O)C[C@H](OC(=O)c4ccccc4)C(C)=C3[C@@H](OC(=O)c3ccccc3)[C@H](OC(C)=O)[C@@]21C. The van der Waals surface area contributed by atoms with Crippen LogP contribution in [0, 0.1) is 16.7 Å². The van der Waals surface area contributed by atoms with Crippen LogP contribution in [0.25, 0.3) is 0 Å². The van der Waals surface area contributed by atoms with Crippen molar-refractivity contribution in [2.24, 2.45) is 16.7 Å². The monoisotopic (exact) mass is 776 g/mol. The maximum Gasteiger partial charge on any atom is 0.338 e. The lowest BCUT2D eigenvalue weighted by molar-refractivity contribution is -0.352. The number of benzene rings is 2. The predicted octanol–water partition coefficient (Wildman–Crippen LogP) is 4.45. The lowest BCUT2D eigenvalue weighted by Crippen LogP contribution is -2.79. The van der Waals surface area contributed by atoms with Gasteiger partial charge >= 0.3 is 35.8 Å². The van der Waals surface area contributed by atoms with Crippen LogP contribution in [0.3, 0.4) is 0 Å². The molecule has 6 rings (SSSR count). The third kappa shape index (κ3) is 6.66. The van der Waals surface area contributed by atoms with E-state index in [9.17, 15) is 33.9 Å².